The van der Waals surface area contributed by atoms with Gasteiger partial charge in [-0.25, -0.2) is 0 Å². The Bertz CT molecular complexity index is 434. The van der Waals surface area contributed by atoms with Gasteiger partial charge < -0.3 is 14.4 Å². The Hall–Kier alpha value is -1.08. The van der Waals surface area contributed by atoms with Gasteiger partial charge in [0.05, 0.1) is 12.4 Å². The number of nitrogens with zero attached hydrogens (tertiary/aromatic N) is 1. The fourth-order valence-electron chi connectivity index (χ4n) is 1.80. The third-order valence-electron chi connectivity index (χ3n) is 2.81. The van der Waals surface area contributed by atoms with E-state index in [1.54, 1.807) is 4.90 Å². The Balaban J connectivity index is 1.98. The largest absolute Gasteiger partial charge is 0.455 e. The van der Waals surface area contributed by atoms with Crippen LogP contribution in [0.3, 0.4) is 0 Å². The maximum Gasteiger partial charge on any atom is 0.289 e. The van der Waals surface area contributed by atoms with E-state index in [0.29, 0.717) is 17.5 Å². The molecule has 0 saturated heterocycles. The highest BCUT2D eigenvalue weighted by atomic mass is 32.2. The molecule has 4 nitrogen and oxygen atoms in total. The standard InChI is InChI=1S/C12H15F2NO3S/c13-12(14)19-7-9-3-4-10(18-9)11(17)15(5-6-16)8-1-2-8/h3-4,8,12,16H,1-2,5-7H2. The summed E-state index contributed by atoms with van der Waals surface area (Å²) in [6.45, 7) is 0.169. The summed E-state index contributed by atoms with van der Waals surface area (Å²) in [7, 11) is 0. The lowest BCUT2D eigenvalue weighted by Gasteiger charge is -2.19. The van der Waals surface area contributed by atoms with Crippen LogP contribution in [0.5, 0.6) is 0 Å². The number of hydrogen-bond donors (Lipinski definition) is 1. The average molecular weight is 291 g/mol. The van der Waals surface area contributed by atoms with Crippen LogP contribution < -0.4 is 0 Å². The summed E-state index contributed by atoms with van der Waals surface area (Å²) in [5.41, 5.74) is 0. The lowest BCUT2D eigenvalue weighted by molar-refractivity contribution is 0.0674. The summed E-state index contributed by atoms with van der Waals surface area (Å²) in [6, 6.07) is 3.20. The Morgan fingerprint density at radius 3 is 2.84 bits per heavy atom. The van der Waals surface area contributed by atoms with Crippen molar-refractivity contribution in [2.45, 2.75) is 30.4 Å². The van der Waals surface area contributed by atoms with Gasteiger partial charge in [0, 0.05) is 12.6 Å². The van der Waals surface area contributed by atoms with Gasteiger partial charge in [-0.15, -0.1) is 0 Å². The molecule has 1 amide bonds. The monoisotopic (exact) mass is 291 g/mol. The third kappa shape index (κ3) is 3.94. The molecule has 19 heavy (non-hydrogen) atoms. The number of furan rings is 1. The van der Waals surface area contributed by atoms with E-state index in [9.17, 15) is 13.6 Å². The molecule has 2 rings (SSSR count). The van der Waals surface area contributed by atoms with Gasteiger partial charge >= 0.3 is 0 Å². The van der Waals surface area contributed by atoms with Crippen molar-refractivity contribution in [2.24, 2.45) is 0 Å². The molecule has 1 aliphatic carbocycles. The number of carbonyl (C=O) groups is 1. The van der Waals surface area contributed by atoms with Gasteiger partial charge in [0.1, 0.15) is 5.76 Å². The van der Waals surface area contributed by atoms with E-state index < -0.39 is 5.76 Å². The molecule has 1 heterocycles. The highest BCUT2D eigenvalue weighted by Gasteiger charge is 2.33. The number of aliphatic hydroxyl groups is 1. The molecule has 0 unspecified atom stereocenters. The van der Waals surface area contributed by atoms with Gasteiger partial charge in [0.25, 0.3) is 11.7 Å². The smallest absolute Gasteiger partial charge is 0.289 e. The number of thioether (sulfide) groups is 1. The maximum atomic E-state index is 12.1. The van der Waals surface area contributed by atoms with Gasteiger partial charge in [0.2, 0.25) is 0 Å². The van der Waals surface area contributed by atoms with Gasteiger partial charge in [-0.1, -0.05) is 11.8 Å². The molecule has 1 fully saturated rings. The first-order chi connectivity index (χ1) is 9.11. The van der Waals surface area contributed by atoms with Crippen LogP contribution in [-0.2, 0) is 5.75 Å². The Morgan fingerprint density at radius 1 is 1.53 bits per heavy atom. The molecule has 1 aromatic rings. The van der Waals surface area contributed by atoms with Gasteiger partial charge in [0.15, 0.2) is 5.76 Å². The topological polar surface area (TPSA) is 53.7 Å². The average Bonchev–Trinajstić information content (AvgIpc) is 3.10. The highest BCUT2D eigenvalue weighted by Crippen LogP contribution is 2.29. The molecular formula is C12H15F2NO3S. The number of aliphatic hydroxyl groups excluding tert-OH is 1. The molecular weight excluding hydrogens is 276 g/mol. The number of halogens is 2. The molecule has 1 N–H and O–H groups in total. The zero-order chi connectivity index (χ0) is 13.8. The summed E-state index contributed by atoms with van der Waals surface area (Å²) in [4.78, 5) is 13.7. The van der Waals surface area contributed by atoms with Crippen LogP contribution in [0.15, 0.2) is 16.5 Å². The normalized spacial score (nSPS) is 14.9. The van der Waals surface area contributed by atoms with E-state index in [1.165, 1.54) is 12.1 Å². The molecule has 106 valence electrons. The van der Waals surface area contributed by atoms with E-state index in [2.05, 4.69) is 0 Å². The number of hydrogen-bond acceptors (Lipinski definition) is 4. The lowest BCUT2D eigenvalue weighted by Crippen LogP contribution is -2.35. The molecule has 0 radical (unpaired) electrons. The Morgan fingerprint density at radius 2 is 2.26 bits per heavy atom. The summed E-state index contributed by atoms with van der Waals surface area (Å²) in [5.74, 6) is -2.21. The first-order valence-corrected chi connectivity index (χ1v) is 7.07. The molecule has 0 bridgehead atoms. The predicted octanol–water partition coefficient (Wildman–Crippen LogP) is 2.33. The fraction of sp³-hybridized carbons (Fsp3) is 0.583. The van der Waals surface area contributed by atoms with E-state index in [1.807, 2.05) is 0 Å². The van der Waals surface area contributed by atoms with Crippen molar-refractivity contribution < 1.29 is 23.1 Å². The van der Waals surface area contributed by atoms with Crippen molar-refractivity contribution >= 4 is 17.7 Å². The summed E-state index contributed by atoms with van der Waals surface area (Å²) in [5, 5.41) is 8.95. The Kier molecular flexibility index (Phi) is 4.81. The number of amides is 1. The summed E-state index contributed by atoms with van der Waals surface area (Å²) < 4.78 is 29.4. The van der Waals surface area contributed by atoms with Crippen LogP contribution in [0, 0.1) is 0 Å². The second kappa shape index (κ2) is 6.38. The zero-order valence-corrected chi connectivity index (χ0v) is 11.0. The van der Waals surface area contributed by atoms with Crippen molar-refractivity contribution in [2.75, 3.05) is 13.2 Å². The predicted molar refractivity (Wildman–Crippen MR) is 67.2 cm³/mol. The van der Waals surface area contributed by atoms with Crippen LogP contribution in [0.4, 0.5) is 8.78 Å². The van der Waals surface area contributed by atoms with Crippen LogP contribution in [-0.4, -0.2) is 40.9 Å². The van der Waals surface area contributed by atoms with E-state index in [0.717, 1.165) is 12.8 Å². The summed E-state index contributed by atoms with van der Waals surface area (Å²) >= 11 is 0.455. The molecule has 1 saturated carbocycles. The minimum atomic E-state index is -2.46. The quantitative estimate of drug-likeness (QED) is 0.837. The van der Waals surface area contributed by atoms with E-state index in [-0.39, 0.29) is 36.6 Å². The molecule has 1 aliphatic rings. The maximum absolute atomic E-state index is 12.1. The van der Waals surface area contributed by atoms with Crippen LogP contribution in [0.2, 0.25) is 0 Å². The number of rotatable bonds is 7. The van der Waals surface area contributed by atoms with Crippen LogP contribution >= 0.6 is 11.8 Å². The fourth-order valence-corrected chi connectivity index (χ4v) is 2.25. The van der Waals surface area contributed by atoms with Crippen molar-refractivity contribution in [3.63, 3.8) is 0 Å². The molecule has 1 aromatic heterocycles. The number of carbonyl (C=O) groups excluding carboxylic acids is 1. The first kappa shape index (κ1) is 14.3. The highest BCUT2D eigenvalue weighted by molar-refractivity contribution is 7.98. The molecule has 0 aromatic carbocycles. The molecule has 7 heteroatoms. The van der Waals surface area contributed by atoms with Gasteiger partial charge in [-0.05, 0) is 25.0 Å². The first-order valence-electron chi connectivity index (χ1n) is 6.02. The van der Waals surface area contributed by atoms with Crippen LogP contribution in [0.25, 0.3) is 0 Å². The zero-order valence-electron chi connectivity index (χ0n) is 10.2. The molecule has 0 spiro atoms. The molecule has 0 atom stereocenters. The molecule has 0 aliphatic heterocycles. The lowest BCUT2D eigenvalue weighted by atomic mass is 10.3. The second-order valence-corrected chi connectivity index (χ2v) is 5.27. The van der Waals surface area contributed by atoms with E-state index in [4.69, 9.17) is 9.52 Å². The SMILES string of the molecule is O=C(c1ccc(CSC(F)F)o1)N(CCO)C1CC1. The van der Waals surface area contributed by atoms with E-state index >= 15 is 0 Å². The van der Waals surface area contributed by atoms with Crippen LogP contribution in [0.1, 0.15) is 29.2 Å². The number of alkyl halides is 2. The van der Waals surface area contributed by atoms with Crippen molar-refractivity contribution in [1.82, 2.24) is 4.90 Å². The van der Waals surface area contributed by atoms with Crippen molar-refractivity contribution in [3.05, 3.63) is 23.7 Å². The summed E-state index contributed by atoms with van der Waals surface area (Å²) in [6.07, 6.45) is 1.86. The third-order valence-corrected chi connectivity index (χ3v) is 3.52. The van der Waals surface area contributed by atoms with Crippen molar-refractivity contribution in [1.29, 1.82) is 0 Å². The minimum absolute atomic E-state index is 0.0361. The van der Waals surface area contributed by atoms with Gasteiger partial charge in [-0.3, -0.25) is 4.79 Å². The Labute approximate surface area is 113 Å². The van der Waals surface area contributed by atoms with Gasteiger partial charge in [-0.2, -0.15) is 8.78 Å². The minimum Gasteiger partial charge on any atom is -0.455 e. The second-order valence-electron chi connectivity index (χ2n) is 4.29. The van der Waals surface area contributed by atoms with Crippen molar-refractivity contribution in [3.8, 4) is 0 Å².